The number of Topliss-reactive ketones (excluding diaryl/α,β-unsaturated/α-hetero) is 1. The Kier molecular flexibility index (Phi) is 5.98. The molecular weight excluding hydrogens is 394 g/mol. The van der Waals surface area contributed by atoms with E-state index in [2.05, 4.69) is 0 Å². The summed E-state index contributed by atoms with van der Waals surface area (Å²) < 4.78 is 16.5. The Bertz CT molecular complexity index is 1020. The minimum Gasteiger partial charge on any atom is -0.497 e. The topological polar surface area (TPSA) is 65.1 Å². The Morgan fingerprint density at radius 3 is 2.39 bits per heavy atom. The molecule has 1 unspecified atom stereocenters. The average Bonchev–Trinajstić information content (AvgIpc) is 2.79. The first-order valence-electron chi connectivity index (χ1n) is 10.6. The van der Waals surface area contributed by atoms with Crippen molar-refractivity contribution in [3.8, 4) is 17.2 Å². The SMILES string of the molecule is CCOc1ccc(N2C(=O)CC(c3cc(OC)ccc3OC)C3=C2CCCC3=O)cc1. The lowest BCUT2D eigenvalue weighted by Gasteiger charge is -2.38. The molecule has 0 aromatic heterocycles. The van der Waals surface area contributed by atoms with Gasteiger partial charge in [-0.1, -0.05) is 0 Å². The molecule has 2 aliphatic rings. The summed E-state index contributed by atoms with van der Waals surface area (Å²) in [5, 5.41) is 0. The van der Waals surface area contributed by atoms with E-state index in [9.17, 15) is 9.59 Å². The van der Waals surface area contributed by atoms with Crippen molar-refractivity contribution in [2.75, 3.05) is 25.7 Å². The third-order valence-electron chi connectivity index (χ3n) is 5.89. The maximum atomic E-state index is 13.4. The molecule has 1 amide bonds. The van der Waals surface area contributed by atoms with Gasteiger partial charge >= 0.3 is 0 Å². The molecular formula is C25H27NO5. The Balaban J connectivity index is 1.82. The number of carbonyl (C=O) groups is 2. The normalized spacial score (nSPS) is 18.7. The molecule has 6 nitrogen and oxygen atoms in total. The fraction of sp³-hybridized carbons (Fsp3) is 0.360. The van der Waals surface area contributed by atoms with Crippen molar-refractivity contribution < 1.29 is 23.8 Å². The van der Waals surface area contributed by atoms with Crippen LogP contribution in [0.15, 0.2) is 53.7 Å². The van der Waals surface area contributed by atoms with Gasteiger partial charge in [-0.2, -0.15) is 0 Å². The highest BCUT2D eigenvalue weighted by Gasteiger charge is 2.40. The number of amides is 1. The second kappa shape index (κ2) is 8.84. The zero-order valence-electron chi connectivity index (χ0n) is 18.1. The van der Waals surface area contributed by atoms with Gasteiger partial charge in [0.2, 0.25) is 5.91 Å². The standard InChI is InChI=1S/C25H27NO5/c1-4-31-17-10-8-16(9-11-17)26-21-6-5-7-22(27)25(21)20(15-24(26)28)19-14-18(29-2)12-13-23(19)30-3/h8-14,20H,4-7,15H2,1-3H3. The number of carbonyl (C=O) groups excluding carboxylic acids is 2. The highest BCUT2D eigenvalue weighted by molar-refractivity contribution is 6.07. The molecule has 0 fully saturated rings. The van der Waals surface area contributed by atoms with E-state index >= 15 is 0 Å². The van der Waals surface area contributed by atoms with E-state index in [1.165, 1.54) is 0 Å². The van der Waals surface area contributed by atoms with Crippen LogP contribution < -0.4 is 19.1 Å². The molecule has 31 heavy (non-hydrogen) atoms. The zero-order valence-corrected chi connectivity index (χ0v) is 18.1. The number of rotatable bonds is 6. The van der Waals surface area contributed by atoms with Gasteiger partial charge in [-0.05, 0) is 62.2 Å². The summed E-state index contributed by atoms with van der Waals surface area (Å²) >= 11 is 0. The summed E-state index contributed by atoms with van der Waals surface area (Å²) in [4.78, 5) is 28.2. The van der Waals surface area contributed by atoms with Crippen LogP contribution in [0.3, 0.4) is 0 Å². The minimum atomic E-state index is -0.348. The van der Waals surface area contributed by atoms with E-state index in [4.69, 9.17) is 14.2 Å². The number of ether oxygens (including phenoxy) is 3. The number of methoxy groups -OCH3 is 2. The molecule has 0 bridgehead atoms. The van der Waals surface area contributed by atoms with E-state index in [0.29, 0.717) is 36.5 Å². The highest BCUT2D eigenvalue weighted by Crippen LogP contribution is 2.46. The molecule has 4 rings (SSSR count). The third-order valence-corrected chi connectivity index (χ3v) is 5.89. The predicted octanol–water partition coefficient (Wildman–Crippen LogP) is 4.63. The second-order valence-corrected chi connectivity index (χ2v) is 7.66. The van der Waals surface area contributed by atoms with E-state index < -0.39 is 0 Å². The number of ketones is 1. The molecule has 1 aliphatic heterocycles. The molecule has 0 N–H and O–H groups in total. The van der Waals surface area contributed by atoms with Crippen LogP contribution in [0.1, 0.15) is 44.1 Å². The van der Waals surface area contributed by atoms with Crippen molar-refractivity contribution in [1.82, 2.24) is 0 Å². The lowest BCUT2D eigenvalue weighted by Crippen LogP contribution is -2.40. The molecule has 0 spiro atoms. The van der Waals surface area contributed by atoms with Crippen LogP contribution in [-0.2, 0) is 9.59 Å². The summed E-state index contributed by atoms with van der Waals surface area (Å²) in [6.45, 7) is 2.51. The first kappa shape index (κ1) is 21.0. The first-order valence-corrected chi connectivity index (χ1v) is 10.6. The van der Waals surface area contributed by atoms with Gasteiger partial charge in [0.1, 0.15) is 17.2 Å². The molecule has 0 saturated heterocycles. The number of benzene rings is 2. The fourth-order valence-corrected chi connectivity index (χ4v) is 4.53. The van der Waals surface area contributed by atoms with Gasteiger partial charge in [-0.25, -0.2) is 0 Å². The van der Waals surface area contributed by atoms with E-state index in [1.54, 1.807) is 19.1 Å². The lowest BCUT2D eigenvalue weighted by atomic mass is 9.76. The van der Waals surface area contributed by atoms with Crippen molar-refractivity contribution in [3.05, 3.63) is 59.3 Å². The fourth-order valence-electron chi connectivity index (χ4n) is 4.53. The maximum absolute atomic E-state index is 13.4. The van der Waals surface area contributed by atoms with Crippen LogP contribution in [0.2, 0.25) is 0 Å². The molecule has 1 atom stereocenters. The number of hydrogen-bond acceptors (Lipinski definition) is 5. The summed E-state index contributed by atoms with van der Waals surface area (Å²) in [5.41, 5.74) is 3.08. The molecule has 1 aliphatic carbocycles. The molecule has 162 valence electrons. The number of anilines is 1. The second-order valence-electron chi connectivity index (χ2n) is 7.66. The van der Waals surface area contributed by atoms with Crippen LogP contribution >= 0.6 is 0 Å². The number of nitrogens with zero attached hydrogens (tertiary/aromatic N) is 1. The van der Waals surface area contributed by atoms with Gasteiger partial charge in [0.15, 0.2) is 5.78 Å². The van der Waals surface area contributed by atoms with Crippen molar-refractivity contribution in [2.45, 2.75) is 38.5 Å². The molecule has 6 heteroatoms. The average molecular weight is 421 g/mol. The molecule has 1 heterocycles. The monoisotopic (exact) mass is 421 g/mol. The van der Waals surface area contributed by atoms with Crippen LogP contribution in [0.5, 0.6) is 17.2 Å². The smallest absolute Gasteiger partial charge is 0.232 e. The minimum absolute atomic E-state index is 0.0347. The van der Waals surface area contributed by atoms with Crippen molar-refractivity contribution >= 4 is 17.4 Å². The summed E-state index contributed by atoms with van der Waals surface area (Å²) in [7, 11) is 3.20. The first-order chi connectivity index (χ1) is 15.1. The van der Waals surface area contributed by atoms with Gasteiger partial charge in [0.25, 0.3) is 0 Å². The van der Waals surface area contributed by atoms with Gasteiger partial charge < -0.3 is 14.2 Å². The predicted molar refractivity (Wildman–Crippen MR) is 118 cm³/mol. The van der Waals surface area contributed by atoms with Crippen molar-refractivity contribution in [1.29, 1.82) is 0 Å². The summed E-state index contributed by atoms with van der Waals surface area (Å²) in [6, 6.07) is 13.0. The highest BCUT2D eigenvalue weighted by atomic mass is 16.5. The Morgan fingerprint density at radius 1 is 0.968 bits per heavy atom. The van der Waals surface area contributed by atoms with E-state index in [-0.39, 0.29) is 24.0 Å². The maximum Gasteiger partial charge on any atom is 0.232 e. The quantitative estimate of drug-likeness (QED) is 0.680. The third kappa shape index (κ3) is 3.90. The Labute approximate surface area is 182 Å². The Morgan fingerprint density at radius 2 is 1.71 bits per heavy atom. The van der Waals surface area contributed by atoms with Gasteiger partial charge in [-0.15, -0.1) is 0 Å². The van der Waals surface area contributed by atoms with E-state index in [1.807, 2.05) is 49.4 Å². The molecule has 0 radical (unpaired) electrons. The number of hydrogen-bond donors (Lipinski definition) is 0. The largest absolute Gasteiger partial charge is 0.497 e. The van der Waals surface area contributed by atoms with Gasteiger partial charge in [0, 0.05) is 41.3 Å². The van der Waals surface area contributed by atoms with Crippen LogP contribution in [-0.4, -0.2) is 32.5 Å². The van der Waals surface area contributed by atoms with Crippen molar-refractivity contribution in [3.63, 3.8) is 0 Å². The summed E-state index contributed by atoms with van der Waals surface area (Å²) in [5.74, 6) is 1.79. The molecule has 2 aromatic carbocycles. The van der Waals surface area contributed by atoms with Crippen LogP contribution in [0, 0.1) is 0 Å². The van der Waals surface area contributed by atoms with Gasteiger partial charge in [-0.3, -0.25) is 14.5 Å². The van der Waals surface area contributed by atoms with Crippen molar-refractivity contribution in [2.24, 2.45) is 0 Å². The molecule has 0 saturated carbocycles. The number of allylic oxidation sites excluding steroid dienone is 2. The van der Waals surface area contributed by atoms with Crippen LogP contribution in [0.25, 0.3) is 0 Å². The Hall–Kier alpha value is -3.28. The molecule has 2 aromatic rings. The lowest BCUT2D eigenvalue weighted by molar-refractivity contribution is -0.119. The van der Waals surface area contributed by atoms with Crippen LogP contribution in [0.4, 0.5) is 5.69 Å². The van der Waals surface area contributed by atoms with Gasteiger partial charge in [0.05, 0.1) is 20.8 Å². The summed E-state index contributed by atoms with van der Waals surface area (Å²) in [6.07, 6.45) is 2.11. The van der Waals surface area contributed by atoms with E-state index in [0.717, 1.165) is 29.1 Å². The zero-order chi connectivity index (χ0) is 22.0.